The predicted molar refractivity (Wildman–Crippen MR) is 85.9 cm³/mol. The first-order chi connectivity index (χ1) is 10.2. The molecule has 0 spiro atoms. The Morgan fingerprint density at radius 1 is 1.14 bits per heavy atom. The minimum Gasteiger partial charge on any atom is -0.455 e. The lowest BCUT2D eigenvalue weighted by atomic mass is 10.2. The van der Waals surface area contributed by atoms with Gasteiger partial charge in [0.2, 0.25) is 0 Å². The van der Waals surface area contributed by atoms with Gasteiger partial charge in [0.05, 0.1) is 11.6 Å². The van der Waals surface area contributed by atoms with Gasteiger partial charge in [-0.2, -0.15) is 0 Å². The minimum absolute atomic E-state index is 0.0627. The SMILES string of the molecule is CCCNCc1ccc(Oc2ccccc2CO)c(Cl)c1. The Balaban J connectivity index is 2.10. The molecular formula is C17H20ClNO2. The summed E-state index contributed by atoms with van der Waals surface area (Å²) < 4.78 is 5.80. The van der Waals surface area contributed by atoms with Crippen molar-refractivity contribution >= 4 is 11.6 Å². The van der Waals surface area contributed by atoms with Gasteiger partial charge in [0.25, 0.3) is 0 Å². The zero-order valence-corrected chi connectivity index (χ0v) is 12.9. The van der Waals surface area contributed by atoms with Crippen molar-refractivity contribution in [1.82, 2.24) is 5.32 Å². The van der Waals surface area contributed by atoms with E-state index in [-0.39, 0.29) is 6.61 Å². The molecule has 0 amide bonds. The van der Waals surface area contributed by atoms with Crippen LogP contribution in [0.5, 0.6) is 11.5 Å². The first kappa shape index (κ1) is 15.8. The molecule has 0 saturated carbocycles. The molecule has 112 valence electrons. The summed E-state index contributed by atoms with van der Waals surface area (Å²) in [6.45, 7) is 3.85. The first-order valence-electron chi connectivity index (χ1n) is 7.10. The van der Waals surface area contributed by atoms with Gasteiger partial charge < -0.3 is 15.2 Å². The second-order valence-corrected chi connectivity index (χ2v) is 5.22. The van der Waals surface area contributed by atoms with Gasteiger partial charge in [-0.3, -0.25) is 0 Å². The first-order valence-corrected chi connectivity index (χ1v) is 7.48. The summed E-state index contributed by atoms with van der Waals surface area (Å²) in [5.74, 6) is 1.22. The second kappa shape index (κ2) is 8.03. The van der Waals surface area contributed by atoms with Crippen LogP contribution < -0.4 is 10.1 Å². The highest BCUT2D eigenvalue weighted by Crippen LogP contribution is 2.31. The zero-order chi connectivity index (χ0) is 15.1. The third-order valence-electron chi connectivity index (χ3n) is 3.12. The van der Waals surface area contributed by atoms with Gasteiger partial charge in [0.15, 0.2) is 0 Å². The highest BCUT2D eigenvalue weighted by atomic mass is 35.5. The van der Waals surface area contributed by atoms with Crippen molar-refractivity contribution < 1.29 is 9.84 Å². The number of halogens is 1. The lowest BCUT2D eigenvalue weighted by Gasteiger charge is -2.12. The van der Waals surface area contributed by atoms with Gasteiger partial charge >= 0.3 is 0 Å². The summed E-state index contributed by atoms with van der Waals surface area (Å²) in [6, 6.07) is 13.1. The van der Waals surface area contributed by atoms with E-state index in [1.165, 1.54) is 0 Å². The highest BCUT2D eigenvalue weighted by molar-refractivity contribution is 6.32. The summed E-state index contributed by atoms with van der Waals surface area (Å²) in [5.41, 5.74) is 1.86. The number of hydrogen-bond donors (Lipinski definition) is 2. The number of aliphatic hydroxyl groups excluding tert-OH is 1. The van der Waals surface area contributed by atoms with E-state index in [0.29, 0.717) is 16.5 Å². The molecule has 2 aromatic rings. The lowest BCUT2D eigenvalue weighted by molar-refractivity contribution is 0.276. The fraction of sp³-hybridized carbons (Fsp3) is 0.294. The molecule has 2 N–H and O–H groups in total. The molecule has 3 nitrogen and oxygen atoms in total. The number of hydrogen-bond acceptors (Lipinski definition) is 3. The average Bonchev–Trinajstić information content (AvgIpc) is 2.50. The molecule has 2 aromatic carbocycles. The summed E-state index contributed by atoms with van der Waals surface area (Å²) in [4.78, 5) is 0. The van der Waals surface area contributed by atoms with Crippen LogP contribution in [0.25, 0.3) is 0 Å². The van der Waals surface area contributed by atoms with Crippen molar-refractivity contribution in [3.63, 3.8) is 0 Å². The quantitative estimate of drug-likeness (QED) is 0.756. The number of aliphatic hydroxyl groups is 1. The zero-order valence-electron chi connectivity index (χ0n) is 12.1. The molecule has 0 bridgehead atoms. The molecule has 0 atom stereocenters. The van der Waals surface area contributed by atoms with Gasteiger partial charge in [0.1, 0.15) is 11.5 Å². The van der Waals surface area contributed by atoms with Crippen molar-refractivity contribution in [2.45, 2.75) is 26.5 Å². The monoisotopic (exact) mass is 305 g/mol. The van der Waals surface area contributed by atoms with Gasteiger partial charge in [-0.25, -0.2) is 0 Å². The Morgan fingerprint density at radius 3 is 2.67 bits per heavy atom. The van der Waals surface area contributed by atoms with E-state index in [9.17, 15) is 5.11 Å². The second-order valence-electron chi connectivity index (χ2n) is 4.81. The number of para-hydroxylation sites is 1. The van der Waals surface area contributed by atoms with Crippen LogP contribution in [-0.4, -0.2) is 11.7 Å². The standard InChI is InChI=1S/C17H20ClNO2/c1-2-9-19-11-13-7-8-17(15(18)10-13)21-16-6-4-3-5-14(16)12-20/h3-8,10,19-20H,2,9,11-12H2,1H3. The molecular weight excluding hydrogens is 286 g/mol. The van der Waals surface area contributed by atoms with E-state index < -0.39 is 0 Å². The summed E-state index contributed by atoms with van der Waals surface area (Å²) >= 11 is 6.27. The number of benzene rings is 2. The molecule has 0 saturated heterocycles. The van der Waals surface area contributed by atoms with Gasteiger partial charge in [-0.15, -0.1) is 0 Å². The van der Waals surface area contributed by atoms with Crippen molar-refractivity contribution in [2.24, 2.45) is 0 Å². The molecule has 0 aliphatic heterocycles. The fourth-order valence-electron chi connectivity index (χ4n) is 2.00. The third kappa shape index (κ3) is 4.46. The maximum absolute atomic E-state index is 9.31. The molecule has 0 radical (unpaired) electrons. The van der Waals surface area contributed by atoms with E-state index >= 15 is 0 Å². The van der Waals surface area contributed by atoms with Crippen molar-refractivity contribution in [3.05, 3.63) is 58.6 Å². The van der Waals surface area contributed by atoms with Crippen LogP contribution >= 0.6 is 11.6 Å². The van der Waals surface area contributed by atoms with E-state index in [2.05, 4.69) is 12.2 Å². The predicted octanol–water partition coefficient (Wildman–Crippen LogP) is 4.12. The number of ether oxygens (including phenoxy) is 1. The third-order valence-corrected chi connectivity index (χ3v) is 3.41. The normalized spacial score (nSPS) is 10.6. The number of nitrogens with one attached hydrogen (secondary N) is 1. The molecule has 0 aromatic heterocycles. The van der Waals surface area contributed by atoms with E-state index in [0.717, 1.165) is 30.6 Å². The van der Waals surface area contributed by atoms with Crippen molar-refractivity contribution in [1.29, 1.82) is 0 Å². The van der Waals surface area contributed by atoms with Crippen LogP contribution in [0.15, 0.2) is 42.5 Å². The topological polar surface area (TPSA) is 41.5 Å². The smallest absolute Gasteiger partial charge is 0.146 e. The average molecular weight is 306 g/mol. The molecule has 4 heteroatoms. The van der Waals surface area contributed by atoms with Crippen LogP contribution in [-0.2, 0) is 13.2 Å². The summed E-state index contributed by atoms with van der Waals surface area (Å²) in [7, 11) is 0. The molecule has 21 heavy (non-hydrogen) atoms. The van der Waals surface area contributed by atoms with Gasteiger partial charge in [-0.05, 0) is 36.7 Å². The molecule has 0 heterocycles. The Morgan fingerprint density at radius 2 is 1.95 bits per heavy atom. The Bertz CT molecular complexity index is 587. The molecule has 0 aliphatic rings. The van der Waals surface area contributed by atoms with E-state index in [1.54, 1.807) is 0 Å². The van der Waals surface area contributed by atoms with Crippen LogP contribution in [0.1, 0.15) is 24.5 Å². The lowest BCUT2D eigenvalue weighted by Crippen LogP contribution is -2.13. The Hall–Kier alpha value is -1.55. The highest BCUT2D eigenvalue weighted by Gasteiger charge is 2.07. The maximum Gasteiger partial charge on any atom is 0.146 e. The van der Waals surface area contributed by atoms with E-state index in [4.69, 9.17) is 16.3 Å². The van der Waals surface area contributed by atoms with Crippen molar-refractivity contribution in [2.75, 3.05) is 6.54 Å². The molecule has 0 fully saturated rings. The van der Waals surface area contributed by atoms with Crippen LogP contribution in [0.2, 0.25) is 5.02 Å². The molecule has 0 aliphatic carbocycles. The molecule has 0 unspecified atom stereocenters. The summed E-state index contributed by atoms with van der Waals surface area (Å²) in [5, 5.41) is 13.2. The van der Waals surface area contributed by atoms with E-state index in [1.807, 2.05) is 42.5 Å². The minimum atomic E-state index is -0.0627. The maximum atomic E-state index is 9.31. The fourth-order valence-corrected chi connectivity index (χ4v) is 2.24. The Labute approximate surface area is 130 Å². The summed E-state index contributed by atoms with van der Waals surface area (Å²) in [6.07, 6.45) is 1.10. The van der Waals surface area contributed by atoms with Crippen LogP contribution in [0.4, 0.5) is 0 Å². The number of rotatable bonds is 7. The van der Waals surface area contributed by atoms with Gasteiger partial charge in [0, 0.05) is 12.1 Å². The Kier molecular flexibility index (Phi) is 6.05. The van der Waals surface area contributed by atoms with Crippen LogP contribution in [0.3, 0.4) is 0 Å². The largest absolute Gasteiger partial charge is 0.455 e. The van der Waals surface area contributed by atoms with Gasteiger partial charge in [-0.1, -0.05) is 42.8 Å². The van der Waals surface area contributed by atoms with Crippen LogP contribution in [0, 0.1) is 0 Å². The molecule has 2 rings (SSSR count). The van der Waals surface area contributed by atoms with Crippen molar-refractivity contribution in [3.8, 4) is 11.5 Å².